The summed E-state index contributed by atoms with van der Waals surface area (Å²) in [5, 5.41) is 24.1. The van der Waals surface area contributed by atoms with Gasteiger partial charge in [0.25, 0.3) is 0 Å². The summed E-state index contributed by atoms with van der Waals surface area (Å²) >= 11 is 0. The van der Waals surface area contributed by atoms with Gasteiger partial charge in [0.15, 0.2) is 6.10 Å². The van der Waals surface area contributed by atoms with Crippen LogP contribution in [0.5, 0.6) is 0 Å². The van der Waals surface area contributed by atoms with Crippen LogP contribution in [0.15, 0.2) is 30.3 Å². The van der Waals surface area contributed by atoms with Gasteiger partial charge in [-0.1, -0.05) is 114 Å². The molecular formula is C29H52NO5+. The highest BCUT2D eigenvalue weighted by Crippen LogP contribution is 2.15. The summed E-state index contributed by atoms with van der Waals surface area (Å²) in [6.07, 6.45) is 17.6. The number of hydrogen-bond acceptors (Lipinski definition) is 3. The molecule has 0 heterocycles. The third kappa shape index (κ3) is 22.3. The molecule has 6 nitrogen and oxygen atoms in total. The van der Waals surface area contributed by atoms with E-state index in [-0.39, 0.29) is 0 Å². The Balaban J connectivity index is 0.00000109. The number of aliphatic carboxylic acids is 2. The van der Waals surface area contributed by atoms with Gasteiger partial charge in [0.2, 0.25) is 0 Å². The van der Waals surface area contributed by atoms with Gasteiger partial charge >= 0.3 is 11.9 Å². The Hall–Kier alpha value is -1.92. The smallest absolute Gasteiger partial charge is 0.333 e. The molecule has 0 saturated heterocycles. The minimum Gasteiger partial charge on any atom is -0.481 e. The van der Waals surface area contributed by atoms with Gasteiger partial charge < -0.3 is 19.8 Å². The molecule has 0 radical (unpaired) electrons. The highest BCUT2D eigenvalue weighted by atomic mass is 16.4. The van der Waals surface area contributed by atoms with Crippen LogP contribution in [0.3, 0.4) is 0 Å². The highest BCUT2D eigenvalue weighted by molar-refractivity contribution is 5.79. The quantitative estimate of drug-likeness (QED) is 0.139. The van der Waals surface area contributed by atoms with Crippen molar-refractivity contribution in [2.45, 2.75) is 116 Å². The number of aliphatic hydroxyl groups is 1. The molecule has 1 atom stereocenters. The van der Waals surface area contributed by atoms with Gasteiger partial charge in [0.05, 0.1) is 27.1 Å². The molecule has 0 saturated carbocycles. The van der Waals surface area contributed by atoms with E-state index in [1.54, 1.807) is 0 Å². The van der Waals surface area contributed by atoms with Crippen LogP contribution in [-0.2, 0) is 16.1 Å². The summed E-state index contributed by atoms with van der Waals surface area (Å²) in [5.74, 6) is -2.85. The molecule has 0 aromatic heterocycles. The van der Waals surface area contributed by atoms with E-state index < -0.39 is 24.5 Å². The molecule has 1 rings (SSSR count). The molecule has 3 N–H and O–H groups in total. The summed E-state index contributed by atoms with van der Waals surface area (Å²) in [6, 6.07) is 10.9. The van der Waals surface area contributed by atoms with E-state index in [4.69, 9.17) is 15.3 Å². The fourth-order valence-electron chi connectivity index (χ4n) is 4.14. The first-order valence-corrected chi connectivity index (χ1v) is 13.7. The zero-order valence-corrected chi connectivity index (χ0v) is 22.6. The minimum absolute atomic E-state index is 0.755. The van der Waals surface area contributed by atoms with Crippen molar-refractivity contribution >= 4 is 11.9 Å². The molecule has 0 amide bonds. The second kappa shape index (κ2) is 21.4. The van der Waals surface area contributed by atoms with E-state index in [0.29, 0.717) is 0 Å². The number of quaternary nitrogens is 1. The zero-order chi connectivity index (χ0) is 26.4. The van der Waals surface area contributed by atoms with Crippen molar-refractivity contribution in [2.75, 3.05) is 20.6 Å². The van der Waals surface area contributed by atoms with Crippen molar-refractivity contribution in [3.05, 3.63) is 35.9 Å². The van der Waals surface area contributed by atoms with E-state index in [2.05, 4.69) is 51.4 Å². The fraction of sp³-hybridized carbons (Fsp3) is 0.724. The number of carboxylic acid groups (broad SMARTS) is 2. The molecule has 0 fully saturated rings. The van der Waals surface area contributed by atoms with Gasteiger partial charge in [-0.05, 0) is 12.8 Å². The molecule has 0 spiro atoms. The normalized spacial score (nSPS) is 12.0. The largest absolute Gasteiger partial charge is 0.481 e. The van der Waals surface area contributed by atoms with Crippen LogP contribution in [0, 0.1) is 0 Å². The summed E-state index contributed by atoms with van der Waals surface area (Å²) in [4.78, 5) is 19.4. The van der Waals surface area contributed by atoms with Gasteiger partial charge in [0, 0.05) is 5.56 Å². The Morgan fingerprint density at radius 2 is 1.17 bits per heavy atom. The molecule has 0 aliphatic heterocycles. The van der Waals surface area contributed by atoms with Gasteiger partial charge in [-0.3, -0.25) is 4.79 Å². The second-order valence-electron chi connectivity index (χ2n) is 10.4. The van der Waals surface area contributed by atoms with E-state index in [0.717, 1.165) is 11.0 Å². The van der Waals surface area contributed by atoms with Crippen molar-refractivity contribution in [1.29, 1.82) is 0 Å². The third-order valence-electron chi connectivity index (χ3n) is 6.22. The molecule has 0 aliphatic carbocycles. The van der Waals surface area contributed by atoms with Crippen LogP contribution in [0.4, 0.5) is 0 Å². The molecule has 1 aromatic rings. The Kier molecular flexibility index (Phi) is 20.2. The lowest BCUT2D eigenvalue weighted by Gasteiger charge is -2.30. The van der Waals surface area contributed by atoms with Crippen molar-refractivity contribution in [1.82, 2.24) is 0 Å². The molecular weight excluding hydrogens is 442 g/mol. The molecule has 1 aromatic carbocycles. The molecule has 202 valence electrons. The van der Waals surface area contributed by atoms with E-state index >= 15 is 0 Å². The van der Waals surface area contributed by atoms with E-state index in [1.807, 2.05) is 0 Å². The van der Waals surface area contributed by atoms with Gasteiger partial charge in [-0.15, -0.1) is 0 Å². The maximum atomic E-state index is 9.72. The predicted octanol–water partition coefficient (Wildman–Crippen LogP) is 6.65. The number of hydrogen-bond donors (Lipinski definition) is 3. The molecule has 35 heavy (non-hydrogen) atoms. The number of benzene rings is 1. The van der Waals surface area contributed by atoms with E-state index in [1.165, 1.54) is 102 Å². The number of unbranched alkanes of at least 4 members (excludes halogenated alkanes) is 13. The van der Waals surface area contributed by atoms with Crippen molar-refractivity contribution in [2.24, 2.45) is 0 Å². The number of carboxylic acids is 2. The van der Waals surface area contributed by atoms with Crippen molar-refractivity contribution in [3.8, 4) is 0 Å². The Bertz CT molecular complexity index is 648. The maximum Gasteiger partial charge on any atom is 0.333 e. The van der Waals surface area contributed by atoms with E-state index in [9.17, 15) is 9.59 Å². The van der Waals surface area contributed by atoms with Crippen LogP contribution in [0.1, 0.15) is 109 Å². The fourth-order valence-corrected chi connectivity index (χ4v) is 4.14. The number of rotatable bonds is 20. The highest BCUT2D eigenvalue weighted by Gasteiger charge is 2.16. The summed E-state index contributed by atoms with van der Waals surface area (Å²) in [7, 11) is 4.74. The second-order valence-corrected chi connectivity index (χ2v) is 10.4. The topological polar surface area (TPSA) is 94.8 Å². The number of carbonyl (C=O) groups is 2. The monoisotopic (exact) mass is 494 g/mol. The van der Waals surface area contributed by atoms with Crippen LogP contribution < -0.4 is 0 Å². The molecule has 6 heteroatoms. The summed E-state index contributed by atoms with van der Waals surface area (Å²) in [6.45, 7) is 4.75. The maximum absolute atomic E-state index is 9.72. The first-order valence-electron chi connectivity index (χ1n) is 13.7. The van der Waals surface area contributed by atoms with Crippen LogP contribution in [-0.4, -0.2) is 58.5 Å². The third-order valence-corrected chi connectivity index (χ3v) is 6.22. The Morgan fingerprint density at radius 3 is 1.54 bits per heavy atom. The molecule has 1 unspecified atom stereocenters. The van der Waals surface area contributed by atoms with Gasteiger partial charge in [-0.25, -0.2) is 4.79 Å². The number of nitrogens with zero attached hydrogens (tertiary/aromatic N) is 1. The lowest BCUT2D eigenvalue weighted by atomic mass is 10.0. The summed E-state index contributed by atoms with van der Waals surface area (Å²) in [5.41, 5.74) is 1.46. The average molecular weight is 495 g/mol. The van der Waals surface area contributed by atoms with Gasteiger partial charge in [0.1, 0.15) is 6.54 Å². The van der Waals surface area contributed by atoms with Crippen LogP contribution in [0.2, 0.25) is 0 Å². The average Bonchev–Trinajstić information content (AvgIpc) is 2.79. The van der Waals surface area contributed by atoms with Crippen molar-refractivity contribution in [3.63, 3.8) is 0 Å². The number of aliphatic hydroxyl groups excluding tert-OH is 1. The zero-order valence-electron chi connectivity index (χ0n) is 22.6. The Labute approximate surface area is 214 Å². The first kappa shape index (κ1) is 33.1. The molecule has 0 aliphatic rings. The van der Waals surface area contributed by atoms with Crippen LogP contribution >= 0.6 is 0 Å². The Morgan fingerprint density at radius 1 is 0.743 bits per heavy atom. The van der Waals surface area contributed by atoms with Crippen LogP contribution in [0.25, 0.3) is 0 Å². The summed E-state index contributed by atoms with van der Waals surface area (Å²) < 4.78 is 1.11. The predicted molar refractivity (Wildman–Crippen MR) is 143 cm³/mol. The SMILES string of the molecule is CCCCCCCCCCCCCCCC[N+](C)(C)Cc1ccccc1.O=C(O)CC(O)C(=O)O. The lowest BCUT2D eigenvalue weighted by Crippen LogP contribution is -2.39. The standard InChI is InChI=1S/C25H46N.C4H6O5/c1-4-5-6-7-8-9-10-11-12-13-14-15-16-20-23-26(2,3)24-25-21-18-17-19-22-25;5-2(4(8)9)1-3(6)7/h17-19,21-22H,4-16,20,23-24H2,1-3H3;2,5H,1H2,(H,6,7)(H,8,9)/q+1;. The van der Waals surface area contributed by atoms with Gasteiger partial charge in [-0.2, -0.15) is 0 Å². The first-order chi connectivity index (χ1) is 16.7. The van der Waals surface area contributed by atoms with Crippen molar-refractivity contribution < 1.29 is 29.4 Å². The lowest BCUT2D eigenvalue weighted by molar-refractivity contribution is -0.903. The minimum atomic E-state index is -1.79. The molecule has 0 bridgehead atoms.